The largest absolute Gasteiger partial charge is 0.478 e. The number of carboxylic acid groups (broad SMARTS) is 1. The molecule has 164 valence electrons. The number of aromatic amines is 1. The van der Waals surface area contributed by atoms with Crippen LogP contribution >= 0.6 is 0 Å². The van der Waals surface area contributed by atoms with E-state index in [2.05, 4.69) is 22.2 Å². The number of nitrogens with zero attached hydrogens (tertiary/aromatic N) is 1. The molecule has 0 aliphatic heterocycles. The van der Waals surface area contributed by atoms with Crippen molar-refractivity contribution in [2.75, 3.05) is 11.9 Å². The van der Waals surface area contributed by atoms with Gasteiger partial charge in [0.1, 0.15) is 5.82 Å². The van der Waals surface area contributed by atoms with Gasteiger partial charge < -0.3 is 32.6 Å². The van der Waals surface area contributed by atoms with Gasteiger partial charge in [-0.15, -0.1) is 0 Å². The molecule has 0 amide bonds. The zero-order valence-corrected chi connectivity index (χ0v) is 17.6. The number of carbonyl (C=O) groups is 1. The molecule has 8 heteroatoms. The van der Waals surface area contributed by atoms with Gasteiger partial charge in [0, 0.05) is 18.3 Å². The number of guanidine groups is 1. The number of rotatable bonds is 16. The second-order valence-corrected chi connectivity index (χ2v) is 7.47. The minimum Gasteiger partial charge on any atom is -0.478 e. The Balaban J connectivity index is 2.58. The van der Waals surface area contributed by atoms with Gasteiger partial charge in [-0.1, -0.05) is 45.4 Å². The van der Waals surface area contributed by atoms with Crippen molar-refractivity contribution in [3.8, 4) is 0 Å². The molecule has 8 nitrogen and oxygen atoms in total. The molecule has 1 rings (SSSR count). The van der Waals surface area contributed by atoms with E-state index in [1.54, 1.807) is 0 Å². The van der Waals surface area contributed by atoms with E-state index in [1.807, 2.05) is 18.3 Å². The molecule has 0 saturated heterocycles. The lowest BCUT2D eigenvalue weighted by molar-refractivity contribution is -0.131. The van der Waals surface area contributed by atoms with Gasteiger partial charge >= 0.3 is 5.97 Å². The van der Waals surface area contributed by atoms with E-state index < -0.39 is 5.97 Å². The topological polar surface area (TPSA) is 156 Å². The van der Waals surface area contributed by atoms with E-state index in [0.717, 1.165) is 50.8 Å². The van der Waals surface area contributed by atoms with Crippen molar-refractivity contribution in [1.82, 2.24) is 4.98 Å². The summed E-state index contributed by atoms with van der Waals surface area (Å²) in [5, 5.41) is 12.6. The van der Waals surface area contributed by atoms with Crippen molar-refractivity contribution in [2.45, 2.75) is 76.8 Å². The molecule has 0 aliphatic rings. The van der Waals surface area contributed by atoms with Crippen LogP contribution in [0.2, 0.25) is 0 Å². The lowest BCUT2D eigenvalue weighted by atomic mass is 9.98. The van der Waals surface area contributed by atoms with Gasteiger partial charge in [0.2, 0.25) is 0 Å². The fraction of sp³-hybridized carbons (Fsp3) is 0.619. The molecule has 0 fully saturated rings. The molecular formula is C21H38N6O2. The normalized spacial score (nSPS) is 13.7. The second kappa shape index (κ2) is 14.5. The molecule has 0 unspecified atom stereocenters. The van der Waals surface area contributed by atoms with Crippen molar-refractivity contribution in [2.24, 2.45) is 22.2 Å². The smallest absolute Gasteiger partial charge is 0.328 e. The number of aliphatic carboxylic acids is 1. The van der Waals surface area contributed by atoms with Crippen LogP contribution in [0.3, 0.4) is 0 Å². The summed E-state index contributed by atoms with van der Waals surface area (Å²) in [5.41, 5.74) is 17.6. The first-order chi connectivity index (χ1) is 13.9. The van der Waals surface area contributed by atoms with Gasteiger partial charge in [0.05, 0.1) is 12.6 Å². The molecule has 0 bridgehead atoms. The van der Waals surface area contributed by atoms with Gasteiger partial charge in [-0.25, -0.2) is 9.79 Å². The standard InChI is InChI=1S/C21H38N6O2/c1-2-3-9-17(22)10-6-4-5-7-11-18(27-19-12-8-13-25-19)16(14-20(28)29)15-26-21(23)24/h8,12-14,17-18,25,27H,2-7,9-11,15,22H2,1H3,(H,28,29)(H4,23,24,26)/b16-14+/t17-,18+/m0/s1. The summed E-state index contributed by atoms with van der Waals surface area (Å²) in [6, 6.07) is 3.93. The Morgan fingerprint density at radius 1 is 1.21 bits per heavy atom. The van der Waals surface area contributed by atoms with E-state index in [4.69, 9.17) is 17.2 Å². The Kier molecular flexibility index (Phi) is 12.3. The van der Waals surface area contributed by atoms with Crippen LogP contribution in [-0.2, 0) is 4.79 Å². The zero-order chi connectivity index (χ0) is 21.5. The van der Waals surface area contributed by atoms with E-state index in [-0.39, 0.29) is 18.5 Å². The van der Waals surface area contributed by atoms with E-state index in [1.165, 1.54) is 18.9 Å². The van der Waals surface area contributed by atoms with Crippen LogP contribution in [0.15, 0.2) is 35.0 Å². The molecule has 9 N–H and O–H groups in total. The Morgan fingerprint density at radius 3 is 2.48 bits per heavy atom. The first-order valence-electron chi connectivity index (χ1n) is 10.6. The van der Waals surface area contributed by atoms with E-state index >= 15 is 0 Å². The molecule has 29 heavy (non-hydrogen) atoms. The molecule has 0 aromatic carbocycles. The third-order valence-corrected chi connectivity index (χ3v) is 4.87. The monoisotopic (exact) mass is 406 g/mol. The van der Waals surface area contributed by atoms with Crippen LogP contribution < -0.4 is 22.5 Å². The summed E-state index contributed by atoms with van der Waals surface area (Å²) in [6.45, 7) is 2.34. The maximum Gasteiger partial charge on any atom is 0.328 e. The number of nitrogens with one attached hydrogen (secondary N) is 2. The SMILES string of the molecule is CCCC[C@H](N)CCCCCC[C@@H](Nc1ccc[nH]1)/C(=C/C(=O)O)CN=C(N)N. The van der Waals surface area contributed by atoms with E-state index in [0.29, 0.717) is 11.6 Å². The summed E-state index contributed by atoms with van der Waals surface area (Å²) >= 11 is 0. The Labute approximate surface area is 174 Å². The minimum atomic E-state index is -1.01. The lowest BCUT2D eigenvalue weighted by Gasteiger charge is -2.21. The van der Waals surface area contributed by atoms with Crippen LogP contribution in [-0.4, -0.2) is 40.6 Å². The molecule has 0 aliphatic carbocycles. The van der Waals surface area contributed by atoms with Crippen molar-refractivity contribution in [1.29, 1.82) is 0 Å². The van der Waals surface area contributed by atoms with Crippen molar-refractivity contribution in [3.63, 3.8) is 0 Å². The Morgan fingerprint density at radius 2 is 1.90 bits per heavy atom. The number of hydrogen-bond acceptors (Lipinski definition) is 4. The lowest BCUT2D eigenvalue weighted by Crippen LogP contribution is -2.27. The van der Waals surface area contributed by atoms with Crippen LogP contribution in [0.1, 0.15) is 64.7 Å². The molecule has 2 atom stereocenters. The summed E-state index contributed by atoms with van der Waals surface area (Å²) in [4.78, 5) is 18.4. The van der Waals surface area contributed by atoms with Crippen LogP contribution in [0.4, 0.5) is 5.82 Å². The van der Waals surface area contributed by atoms with Gasteiger partial charge in [0.15, 0.2) is 5.96 Å². The third-order valence-electron chi connectivity index (χ3n) is 4.87. The number of aliphatic imine (C=N–C) groups is 1. The van der Waals surface area contributed by atoms with Crippen LogP contribution in [0.25, 0.3) is 0 Å². The molecule has 1 aromatic rings. The highest BCUT2D eigenvalue weighted by molar-refractivity contribution is 5.81. The quantitative estimate of drug-likeness (QED) is 0.107. The highest BCUT2D eigenvalue weighted by Gasteiger charge is 2.16. The minimum absolute atomic E-state index is 0.0562. The van der Waals surface area contributed by atoms with Gasteiger partial charge in [-0.3, -0.25) is 0 Å². The third kappa shape index (κ3) is 11.8. The number of nitrogens with two attached hydrogens (primary N) is 3. The molecular weight excluding hydrogens is 368 g/mol. The molecule has 1 aromatic heterocycles. The number of aromatic nitrogens is 1. The van der Waals surface area contributed by atoms with Crippen molar-refractivity contribution < 1.29 is 9.90 Å². The summed E-state index contributed by atoms with van der Waals surface area (Å²) in [7, 11) is 0. The maximum atomic E-state index is 11.3. The number of H-pyrrole nitrogens is 1. The predicted molar refractivity (Wildman–Crippen MR) is 120 cm³/mol. The molecule has 0 spiro atoms. The van der Waals surface area contributed by atoms with E-state index in [9.17, 15) is 9.90 Å². The fourth-order valence-electron chi connectivity index (χ4n) is 3.27. The number of carboxylic acids is 1. The van der Waals surface area contributed by atoms with Gasteiger partial charge in [-0.05, 0) is 37.0 Å². The maximum absolute atomic E-state index is 11.3. The summed E-state index contributed by atoms with van der Waals surface area (Å²) < 4.78 is 0. The Hall–Kier alpha value is -2.48. The summed E-state index contributed by atoms with van der Waals surface area (Å²) in [6.07, 6.45) is 12.7. The number of anilines is 1. The molecule has 1 heterocycles. The van der Waals surface area contributed by atoms with Gasteiger partial charge in [-0.2, -0.15) is 0 Å². The van der Waals surface area contributed by atoms with Crippen molar-refractivity contribution in [3.05, 3.63) is 30.0 Å². The number of hydrogen-bond donors (Lipinski definition) is 6. The molecule has 0 saturated carbocycles. The first-order valence-corrected chi connectivity index (χ1v) is 10.6. The first kappa shape index (κ1) is 24.6. The Bertz CT molecular complexity index is 623. The fourth-order valence-corrected chi connectivity index (χ4v) is 3.27. The van der Waals surface area contributed by atoms with Crippen LogP contribution in [0.5, 0.6) is 0 Å². The highest BCUT2D eigenvalue weighted by Crippen LogP contribution is 2.18. The predicted octanol–water partition coefficient (Wildman–Crippen LogP) is 2.94. The van der Waals surface area contributed by atoms with Crippen molar-refractivity contribution >= 4 is 17.7 Å². The van der Waals surface area contributed by atoms with Crippen LogP contribution in [0, 0.1) is 0 Å². The molecule has 0 radical (unpaired) electrons. The average Bonchev–Trinajstić information content (AvgIpc) is 3.18. The average molecular weight is 407 g/mol. The summed E-state index contributed by atoms with van der Waals surface area (Å²) in [5.74, 6) is -0.234. The highest BCUT2D eigenvalue weighted by atomic mass is 16.4. The number of unbranched alkanes of at least 4 members (excludes halogenated alkanes) is 4. The zero-order valence-electron chi connectivity index (χ0n) is 17.6. The second-order valence-electron chi connectivity index (χ2n) is 7.47. The van der Waals surface area contributed by atoms with Gasteiger partial charge in [0.25, 0.3) is 0 Å².